The fraction of sp³-hybridized carbons (Fsp3) is 0.286. The lowest BCUT2D eigenvalue weighted by Gasteiger charge is -2.30. The largest absolute Gasteiger partial charge is 0.477 e. The first-order valence-corrected chi connectivity index (χ1v) is 9.46. The molecule has 2 aromatic carbocycles. The average molecular weight is 404 g/mol. The third-order valence-corrected chi connectivity index (χ3v) is 5.56. The molecule has 4 nitrogen and oxygen atoms in total. The monoisotopic (exact) mass is 403 g/mol. The van der Waals surface area contributed by atoms with Gasteiger partial charge in [-0.05, 0) is 50.1 Å². The van der Waals surface area contributed by atoms with E-state index in [0.29, 0.717) is 46.9 Å². The van der Waals surface area contributed by atoms with Crippen molar-refractivity contribution in [3.63, 3.8) is 0 Å². The number of nitrogens with zero attached hydrogens (tertiary/aromatic N) is 1. The lowest BCUT2D eigenvalue weighted by molar-refractivity contribution is 0.0876. The van der Waals surface area contributed by atoms with Crippen molar-refractivity contribution >= 4 is 29.0 Å². The molecule has 140 valence electrons. The van der Waals surface area contributed by atoms with Gasteiger partial charge in [-0.3, -0.25) is 9.69 Å². The van der Waals surface area contributed by atoms with E-state index in [1.54, 1.807) is 6.07 Å². The Hall–Kier alpha value is -2.01. The summed E-state index contributed by atoms with van der Waals surface area (Å²) in [5, 5.41) is 1.08. The van der Waals surface area contributed by atoms with Crippen molar-refractivity contribution in [3.05, 3.63) is 67.9 Å². The number of benzene rings is 2. The Morgan fingerprint density at radius 1 is 1.15 bits per heavy atom. The van der Waals surface area contributed by atoms with Gasteiger partial charge in [0.05, 0.1) is 15.6 Å². The predicted octanol–water partition coefficient (Wildman–Crippen LogP) is 5.52. The summed E-state index contributed by atoms with van der Waals surface area (Å²) in [5.74, 6) is 1.79. The van der Waals surface area contributed by atoms with Crippen molar-refractivity contribution < 1.29 is 14.3 Å². The maximum Gasteiger partial charge on any atom is 0.231 e. The molecule has 0 saturated carbocycles. The fourth-order valence-electron chi connectivity index (χ4n) is 3.51. The van der Waals surface area contributed by atoms with Gasteiger partial charge in [0.15, 0.2) is 5.76 Å². The highest BCUT2D eigenvalue weighted by molar-refractivity contribution is 6.42. The number of halogens is 2. The normalized spacial score (nSPS) is 15.9. The molecule has 2 aliphatic heterocycles. The molecule has 0 radical (unpaired) electrons. The molecule has 0 atom stereocenters. The van der Waals surface area contributed by atoms with Gasteiger partial charge in [-0.25, -0.2) is 0 Å². The van der Waals surface area contributed by atoms with Crippen LogP contribution in [0, 0.1) is 6.92 Å². The topological polar surface area (TPSA) is 38.8 Å². The number of Topliss-reactive ketones (excluding diaryl/α,β-unsaturated/α-hetero) is 1. The molecule has 0 unspecified atom stereocenters. The summed E-state index contributed by atoms with van der Waals surface area (Å²) >= 11 is 12.1. The molecule has 2 heterocycles. The highest BCUT2D eigenvalue weighted by Crippen LogP contribution is 2.43. The average Bonchev–Trinajstić information content (AvgIpc) is 2.96. The number of carbonyl (C=O) groups excluding carboxylic acids is 1. The summed E-state index contributed by atoms with van der Waals surface area (Å²) in [7, 11) is 0. The zero-order valence-electron chi connectivity index (χ0n) is 15.4. The molecule has 0 spiro atoms. The summed E-state index contributed by atoms with van der Waals surface area (Å²) in [5.41, 5.74) is 4.41. The Balaban J connectivity index is 1.62. The van der Waals surface area contributed by atoms with Crippen molar-refractivity contribution in [1.82, 2.24) is 4.90 Å². The Morgan fingerprint density at radius 3 is 2.63 bits per heavy atom. The molecule has 2 aromatic rings. The molecule has 4 rings (SSSR count). The van der Waals surface area contributed by atoms with Crippen LogP contribution in [0.15, 0.2) is 35.6 Å². The molecule has 27 heavy (non-hydrogen) atoms. The summed E-state index contributed by atoms with van der Waals surface area (Å²) in [6.07, 6.45) is 0. The van der Waals surface area contributed by atoms with Gasteiger partial charge >= 0.3 is 0 Å². The Morgan fingerprint density at radius 2 is 1.93 bits per heavy atom. The van der Waals surface area contributed by atoms with Gasteiger partial charge < -0.3 is 9.47 Å². The number of hydrogen-bond acceptors (Lipinski definition) is 4. The first-order chi connectivity index (χ1) is 12.8. The smallest absolute Gasteiger partial charge is 0.231 e. The molecule has 0 amide bonds. The molecule has 0 bridgehead atoms. The number of ether oxygens (including phenoxy) is 2. The van der Waals surface area contributed by atoms with Gasteiger partial charge in [-0.2, -0.15) is 0 Å². The highest BCUT2D eigenvalue weighted by atomic mass is 35.5. The highest BCUT2D eigenvalue weighted by Gasteiger charge is 2.34. The van der Waals surface area contributed by atoms with E-state index >= 15 is 0 Å². The van der Waals surface area contributed by atoms with Gasteiger partial charge in [0.1, 0.15) is 18.2 Å². The van der Waals surface area contributed by atoms with Crippen molar-refractivity contribution in [2.45, 2.75) is 33.9 Å². The van der Waals surface area contributed by atoms with Crippen molar-refractivity contribution in [1.29, 1.82) is 0 Å². The van der Waals surface area contributed by atoms with Crippen LogP contribution >= 0.6 is 23.2 Å². The third-order valence-electron chi connectivity index (χ3n) is 4.82. The lowest BCUT2D eigenvalue weighted by Crippen LogP contribution is -2.32. The molecule has 0 aromatic heterocycles. The molecular formula is C21H19Cl2NO3. The van der Waals surface area contributed by atoms with Gasteiger partial charge in [0, 0.05) is 24.2 Å². The Bertz CT molecular complexity index is 993. The second-order valence-electron chi connectivity index (χ2n) is 7.14. The first-order valence-electron chi connectivity index (χ1n) is 8.70. The minimum atomic E-state index is -0.0579. The predicted molar refractivity (Wildman–Crippen MR) is 106 cm³/mol. The first kappa shape index (κ1) is 18.4. The quantitative estimate of drug-likeness (QED) is 0.618. The zero-order chi connectivity index (χ0) is 19.3. The molecule has 0 fully saturated rings. The van der Waals surface area contributed by atoms with Gasteiger partial charge in [0.25, 0.3) is 0 Å². The van der Waals surface area contributed by atoms with E-state index < -0.39 is 0 Å². The van der Waals surface area contributed by atoms with Crippen LogP contribution in [0.4, 0.5) is 0 Å². The van der Waals surface area contributed by atoms with Gasteiger partial charge in [-0.15, -0.1) is 0 Å². The lowest BCUT2D eigenvalue weighted by atomic mass is 9.99. The number of carbonyl (C=O) groups is 1. The maximum atomic E-state index is 12.7. The van der Waals surface area contributed by atoms with E-state index in [1.807, 2.05) is 39.0 Å². The minimum Gasteiger partial charge on any atom is -0.477 e. The Labute approximate surface area is 168 Å². The van der Waals surface area contributed by atoms with Crippen molar-refractivity contribution in [2.75, 3.05) is 6.73 Å². The van der Waals surface area contributed by atoms with Gasteiger partial charge in [-0.1, -0.05) is 29.3 Å². The molecular weight excluding hydrogens is 385 g/mol. The number of hydrogen-bond donors (Lipinski definition) is 0. The van der Waals surface area contributed by atoms with Crippen LogP contribution in [-0.2, 0) is 13.1 Å². The van der Waals surface area contributed by atoms with Crippen LogP contribution in [0.3, 0.4) is 0 Å². The van der Waals surface area contributed by atoms with Crippen molar-refractivity contribution in [2.24, 2.45) is 0 Å². The SMILES string of the molecule is CC(C)=C1Oc2c(cc3c(c2C)OCN(Cc2ccc(Cl)c(Cl)c2)C3)C1=O. The van der Waals surface area contributed by atoms with Gasteiger partial charge in [0.2, 0.25) is 5.78 Å². The second-order valence-corrected chi connectivity index (χ2v) is 7.95. The minimum absolute atomic E-state index is 0.0579. The molecule has 0 N–H and O–H groups in total. The van der Waals surface area contributed by atoms with E-state index in [1.165, 1.54) is 0 Å². The molecule has 2 aliphatic rings. The van der Waals surface area contributed by atoms with Crippen LogP contribution in [0.25, 0.3) is 0 Å². The number of rotatable bonds is 2. The fourth-order valence-corrected chi connectivity index (χ4v) is 3.83. The standard InChI is InChI=1S/C21H19Cl2NO3/c1-11(2)19-18(25)15-7-14-9-24(8-13-4-5-16(22)17(23)6-13)10-26-20(14)12(3)21(15)27-19/h4-7H,8-10H2,1-3H3. The van der Waals surface area contributed by atoms with Crippen molar-refractivity contribution in [3.8, 4) is 11.5 Å². The number of allylic oxidation sites excluding steroid dienone is 2. The summed E-state index contributed by atoms with van der Waals surface area (Å²) in [6.45, 7) is 7.51. The van der Waals surface area contributed by atoms with E-state index in [-0.39, 0.29) is 5.78 Å². The van der Waals surface area contributed by atoms with Crippen LogP contribution < -0.4 is 9.47 Å². The molecule has 6 heteroatoms. The summed E-state index contributed by atoms with van der Waals surface area (Å²) in [4.78, 5) is 14.8. The van der Waals surface area contributed by atoms with E-state index in [9.17, 15) is 4.79 Å². The van der Waals surface area contributed by atoms with Crippen LogP contribution in [0.5, 0.6) is 11.5 Å². The maximum absolute atomic E-state index is 12.7. The summed E-state index contributed by atoms with van der Waals surface area (Å²) < 4.78 is 11.8. The van der Waals surface area contributed by atoms with Crippen LogP contribution in [0.2, 0.25) is 10.0 Å². The van der Waals surface area contributed by atoms with Crippen LogP contribution in [0.1, 0.15) is 40.9 Å². The number of ketones is 1. The zero-order valence-corrected chi connectivity index (χ0v) is 16.9. The molecule has 0 aliphatic carbocycles. The second kappa shape index (κ2) is 6.86. The van der Waals surface area contributed by atoms with Crippen LogP contribution in [-0.4, -0.2) is 17.4 Å². The Kier molecular flexibility index (Phi) is 4.66. The van der Waals surface area contributed by atoms with E-state index in [4.69, 9.17) is 32.7 Å². The molecule has 0 saturated heterocycles. The van der Waals surface area contributed by atoms with E-state index in [2.05, 4.69) is 4.90 Å². The third kappa shape index (κ3) is 3.22. The summed E-state index contributed by atoms with van der Waals surface area (Å²) in [6, 6.07) is 7.52. The number of fused-ring (bicyclic) bond motifs is 2. The van der Waals surface area contributed by atoms with E-state index in [0.717, 1.165) is 28.0 Å².